The number of rotatable bonds is 6. The van der Waals surface area contributed by atoms with Gasteiger partial charge in [0.05, 0.1) is 0 Å². The van der Waals surface area contributed by atoms with Gasteiger partial charge in [-0.1, -0.05) is 54.6 Å². The van der Waals surface area contributed by atoms with Crippen molar-refractivity contribution in [2.24, 2.45) is 0 Å². The SMILES string of the molecule is Cc1c(-c2ccccc2)cccc1-c1nnc(-c2cccc(CNC(C)(C)O)c2)o1. The largest absolute Gasteiger partial charge is 0.416 e. The van der Waals surface area contributed by atoms with E-state index in [9.17, 15) is 5.11 Å². The third kappa shape index (κ3) is 4.48. The Labute approximate surface area is 176 Å². The van der Waals surface area contributed by atoms with Crippen LogP contribution in [-0.4, -0.2) is 21.0 Å². The van der Waals surface area contributed by atoms with Gasteiger partial charge in [0, 0.05) is 17.7 Å². The van der Waals surface area contributed by atoms with Crippen LogP contribution in [0.3, 0.4) is 0 Å². The molecule has 0 bridgehead atoms. The molecular formula is C25H25N3O2. The molecule has 0 spiro atoms. The van der Waals surface area contributed by atoms with Crippen molar-refractivity contribution in [2.45, 2.75) is 33.0 Å². The van der Waals surface area contributed by atoms with Gasteiger partial charge in [0.15, 0.2) is 0 Å². The Morgan fingerprint density at radius 2 is 1.50 bits per heavy atom. The standard InChI is InChI=1S/C25H25N3O2/c1-17-21(19-10-5-4-6-11-19)13-8-14-22(17)24-28-27-23(30-24)20-12-7-9-18(15-20)16-26-25(2,3)29/h4-15,26,29H,16H2,1-3H3. The molecule has 0 fully saturated rings. The number of aromatic nitrogens is 2. The number of aliphatic hydroxyl groups is 1. The Hall–Kier alpha value is -3.28. The van der Waals surface area contributed by atoms with Crippen molar-refractivity contribution < 1.29 is 9.52 Å². The molecule has 5 nitrogen and oxygen atoms in total. The van der Waals surface area contributed by atoms with Crippen molar-refractivity contribution in [2.75, 3.05) is 0 Å². The van der Waals surface area contributed by atoms with Gasteiger partial charge in [0.1, 0.15) is 5.72 Å². The number of hydrogen-bond acceptors (Lipinski definition) is 5. The maximum atomic E-state index is 9.87. The number of nitrogens with one attached hydrogen (secondary N) is 1. The van der Waals surface area contributed by atoms with E-state index in [1.807, 2.05) is 54.6 Å². The van der Waals surface area contributed by atoms with Gasteiger partial charge in [-0.05, 0) is 61.2 Å². The quantitative estimate of drug-likeness (QED) is 0.436. The smallest absolute Gasteiger partial charge is 0.248 e. The summed E-state index contributed by atoms with van der Waals surface area (Å²) in [5, 5.41) is 21.5. The topological polar surface area (TPSA) is 71.2 Å². The van der Waals surface area contributed by atoms with E-state index in [1.54, 1.807) is 13.8 Å². The van der Waals surface area contributed by atoms with Crippen LogP contribution in [0.15, 0.2) is 77.2 Å². The predicted octanol–water partition coefficient (Wildman–Crippen LogP) is 5.20. The van der Waals surface area contributed by atoms with Gasteiger partial charge in [-0.2, -0.15) is 0 Å². The third-order valence-electron chi connectivity index (χ3n) is 4.97. The fourth-order valence-electron chi connectivity index (χ4n) is 3.38. The molecule has 2 N–H and O–H groups in total. The Balaban J connectivity index is 1.63. The van der Waals surface area contributed by atoms with E-state index in [2.05, 4.69) is 40.6 Å². The Bertz CT molecular complexity index is 1140. The van der Waals surface area contributed by atoms with Crippen LogP contribution in [0.5, 0.6) is 0 Å². The highest BCUT2D eigenvalue weighted by molar-refractivity contribution is 5.75. The zero-order chi connectivity index (χ0) is 21.1. The second-order valence-electron chi connectivity index (χ2n) is 7.87. The first kappa shape index (κ1) is 20.0. The first-order chi connectivity index (χ1) is 14.4. The van der Waals surface area contributed by atoms with Crippen molar-refractivity contribution >= 4 is 0 Å². The molecule has 30 heavy (non-hydrogen) atoms. The maximum Gasteiger partial charge on any atom is 0.248 e. The summed E-state index contributed by atoms with van der Waals surface area (Å²) in [6, 6.07) is 24.3. The first-order valence-corrected chi connectivity index (χ1v) is 9.96. The van der Waals surface area contributed by atoms with Gasteiger partial charge < -0.3 is 9.52 Å². The summed E-state index contributed by atoms with van der Waals surface area (Å²) in [5.41, 5.74) is 5.26. The van der Waals surface area contributed by atoms with Gasteiger partial charge in [-0.15, -0.1) is 10.2 Å². The zero-order valence-electron chi connectivity index (χ0n) is 17.4. The molecule has 0 amide bonds. The second-order valence-corrected chi connectivity index (χ2v) is 7.87. The summed E-state index contributed by atoms with van der Waals surface area (Å²) in [6.07, 6.45) is 0. The molecule has 4 rings (SSSR count). The summed E-state index contributed by atoms with van der Waals surface area (Å²) in [7, 11) is 0. The van der Waals surface area contributed by atoms with Gasteiger partial charge >= 0.3 is 0 Å². The highest BCUT2D eigenvalue weighted by Gasteiger charge is 2.16. The molecule has 1 heterocycles. The molecule has 152 valence electrons. The molecule has 0 saturated carbocycles. The van der Waals surface area contributed by atoms with Crippen LogP contribution in [0.2, 0.25) is 0 Å². The van der Waals surface area contributed by atoms with E-state index in [0.717, 1.165) is 33.4 Å². The third-order valence-corrected chi connectivity index (χ3v) is 4.97. The monoisotopic (exact) mass is 399 g/mol. The highest BCUT2D eigenvalue weighted by atomic mass is 16.4. The van der Waals surface area contributed by atoms with Crippen LogP contribution < -0.4 is 5.32 Å². The molecule has 0 aliphatic rings. The average molecular weight is 399 g/mol. The minimum absolute atomic E-state index is 0.472. The minimum Gasteiger partial charge on any atom is -0.416 e. The Kier molecular flexibility index (Phi) is 5.48. The number of hydrogen-bond donors (Lipinski definition) is 2. The summed E-state index contributed by atoms with van der Waals surface area (Å²) in [4.78, 5) is 0. The molecule has 3 aromatic carbocycles. The molecule has 5 heteroatoms. The van der Waals surface area contributed by atoms with Gasteiger partial charge in [-0.25, -0.2) is 0 Å². The van der Waals surface area contributed by atoms with Gasteiger partial charge in [0.25, 0.3) is 0 Å². The number of benzene rings is 3. The van der Waals surface area contributed by atoms with Crippen molar-refractivity contribution in [1.29, 1.82) is 0 Å². The Morgan fingerprint density at radius 3 is 2.27 bits per heavy atom. The lowest BCUT2D eigenvalue weighted by Crippen LogP contribution is -2.38. The lowest BCUT2D eigenvalue weighted by molar-refractivity contribution is 0.0416. The summed E-state index contributed by atoms with van der Waals surface area (Å²) in [6.45, 7) is 6.04. The molecule has 0 aliphatic carbocycles. The normalized spacial score (nSPS) is 11.6. The lowest BCUT2D eigenvalue weighted by atomic mass is 9.96. The van der Waals surface area contributed by atoms with Crippen LogP contribution in [0.1, 0.15) is 25.0 Å². The van der Waals surface area contributed by atoms with Crippen LogP contribution in [-0.2, 0) is 6.54 Å². The molecule has 0 atom stereocenters. The predicted molar refractivity (Wildman–Crippen MR) is 118 cm³/mol. The zero-order valence-corrected chi connectivity index (χ0v) is 17.4. The van der Waals surface area contributed by atoms with E-state index in [-0.39, 0.29) is 0 Å². The fraction of sp³-hybridized carbons (Fsp3) is 0.200. The minimum atomic E-state index is -0.936. The van der Waals surface area contributed by atoms with Crippen molar-refractivity contribution in [3.05, 3.63) is 83.9 Å². The van der Waals surface area contributed by atoms with E-state index in [1.165, 1.54) is 0 Å². The van der Waals surface area contributed by atoms with E-state index >= 15 is 0 Å². The second kappa shape index (κ2) is 8.22. The molecule has 4 aromatic rings. The molecule has 0 unspecified atom stereocenters. The highest BCUT2D eigenvalue weighted by Crippen LogP contribution is 2.32. The summed E-state index contributed by atoms with van der Waals surface area (Å²) in [5.74, 6) is 0.972. The van der Waals surface area contributed by atoms with Crippen LogP contribution in [0.25, 0.3) is 34.0 Å². The summed E-state index contributed by atoms with van der Waals surface area (Å²) < 4.78 is 6.04. The fourth-order valence-corrected chi connectivity index (χ4v) is 3.38. The Morgan fingerprint density at radius 1 is 0.833 bits per heavy atom. The molecular weight excluding hydrogens is 374 g/mol. The molecule has 0 saturated heterocycles. The van der Waals surface area contributed by atoms with Crippen molar-refractivity contribution in [3.8, 4) is 34.0 Å². The lowest BCUT2D eigenvalue weighted by Gasteiger charge is -2.19. The summed E-state index contributed by atoms with van der Waals surface area (Å²) >= 11 is 0. The molecule has 0 radical (unpaired) electrons. The van der Waals surface area contributed by atoms with Crippen molar-refractivity contribution in [1.82, 2.24) is 15.5 Å². The van der Waals surface area contributed by atoms with Crippen LogP contribution >= 0.6 is 0 Å². The maximum absolute atomic E-state index is 9.87. The van der Waals surface area contributed by atoms with Crippen molar-refractivity contribution in [3.63, 3.8) is 0 Å². The molecule has 1 aromatic heterocycles. The van der Waals surface area contributed by atoms with Gasteiger partial charge in [-0.3, -0.25) is 5.32 Å². The van der Waals surface area contributed by atoms with E-state index in [4.69, 9.17) is 4.42 Å². The average Bonchev–Trinajstić information content (AvgIpc) is 3.23. The number of nitrogens with zero attached hydrogens (tertiary/aromatic N) is 2. The van der Waals surface area contributed by atoms with Crippen LogP contribution in [0.4, 0.5) is 0 Å². The first-order valence-electron chi connectivity index (χ1n) is 9.96. The van der Waals surface area contributed by atoms with Crippen LogP contribution in [0, 0.1) is 6.92 Å². The van der Waals surface area contributed by atoms with E-state index in [0.29, 0.717) is 18.3 Å². The molecule has 0 aliphatic heterocycles. The van der Waals surface area contributed by atoms with E-state index < -0.39 is 5.72 Å². The van der Waals surface area contributed by atoms with Gasteiger partial charge in [0.2, 0.25) is 11.8 Å².